The lowest BCUT2D eigenvalue weighted by Crippen LogP contribution is -2.19. The third kappa shape index (κ3) is 2.26. The van der Waals surface area contributed by atoms with Gasteiger partial charge >= 0.3 is 6.03 Å². The fourth-order valence-corrected chi connectivity index (χ4v) is 1.24. The lowest BCUT2D eigenvalue weighted by molar-refractivity contribution is 0.259. The number of amides is 2. The highest BCUT2D eigenvalue weighted by atomic mass is 127. The molecular formula is C7H7IN2O2. The first kappa shape index (κ1) is 9.11. The summed E-state index contributed by atoms with van der Waals surface area (Å²) in [7, 11) is 0. The van der Waals surface area contributed by atoms with E-state index >= 15 is 0 Å². The summed E-state index contributed by atoms with van der Waals surface area (Å²) < 4.78 is 0.666. The molecule has 1 rings (SSSR count). The fraction of sp³-hybridized carbons (Fsp3) is 0. The molecule has 12 heavy (non-hydrogen) atoms. The number of primary amides is 1. The zero-order valence-corrected chi connectivity index (χ0v) is 8.20. The van der Waals surface area contributed by atoms with E-state index in [4.69, 9.17) is 10.8 Å². The van der Waals surface area contributed by atoms with Crippen molar-refractivity contribution in [2.75, 3.05) is 5.32 Å². The van der Waals surface area contributed by atoms with Crippen LogP contribution in [0.1, 0.15) is 0 Å². The second kappa shape index (κ2) is 3.61. The lowest BCUT2D eigenvalue weighted by atomic mass is 10.3. The molecule has 0 heterocycles. The highest BCUT2D eigenvalue weighted by Gasteiger charge is 2.00. The third-order valence-electron chi connectivity index (χ3n) is 1.22. The smallest absolute Gasteiger partial charge is 0.316 e. The van der Waals surface area contributed by atoms with Crippen molar-refractivity contribution < 1.29 is 9.90 Å². The number of nitrogens with two attached hydrogens (primary N) is 1. The van der Waals surface area contributed by atoms with Crippen molar-refractivity contribution in [3.05, 3.63) is 21.8 Å². The molecule has 0 aliphatic carbocycles. The molecule has 0 saturated heterocycles. The van der Waals surface area contributed by atoms with Crippen LogP contribution in [0.3, 0.4) is 0 Å². The van der Waals surface area contributed by atoms with E-state index in [-0.39, 0.29) is 5.75 Å². The van der Waals surface area contributed by atoms with E-state index in [1.165, 1.54) is 6.07 Å². The van der Waals surface area contributed by atoms with Crippen molar-refractivity contribution in [3.8, 4) is 5.75 Å². The molecule has 0 aliphatic heterocycles. The van der Waals surface area contributed by atoms with E-state index in [1.54, 1.807) is 12.1 Å². The molecule has 4 nitrogen and oxygen atoms in total. The van der Waals surface area contributed by atoms with Crippen molar-refractivity contribution in [3.63, 3.8) is 0 Å². The Morgan fingerprint density at radius 1 is 1.58 bits per heavy atom. The van der Waals surface area contributed by atoms with Gasteiger partial charge in [0, 0.05) is 5.69 Å². The van der Waals surface area contributed by atoms with Crippen LogP contribution in [0.15, 0.2) is 18.2 Å². The van der Waals surface area contributed by atoms with E-state index < -0.39 is 6.03 Å². The van der Waals surface area contributed by atoms with Crippen LogP contribution in [0, 0.1) is 3.57 Å². The lowest BCUT2D eigenvalue weighted by Gasteiger charge is -2.02. The molecule has 0 saturated carbocycles. The summed E-state index contributed by atoms with van der Waals surface area (Å²) in [6.45, 7) is 0. The van der Waals surface area contributed by atoms with Crippen LogP contribution in [-0.2, 0) is 0 Å². The molecule has 64 valence electrons. The predicted octanol–water partition coefficient (Wildman–Crippen LogP) is 1.49. The van der Waals surface area contributed by atoms with Gasteiger partial charge in [0.2, 0.25) is 0 Å². The second-order valence-corrected chi connectivity index (χ2v) is 3.32. The number of hydrogen-bond acceptors (Lipinski definition) is 2. The summed E-state index contributed by atoms with van der Waals surface area (Å²) in [6, 6.07) is 4.08. The van der Waals surface area contributed by atoms with Gasteiger partial charge in [-0.1, -0.05) is 0 Å². The highest BCUT2D eigenvalue weighted by Crippen LogP contribution is 2.22. The topological polar surface area (TPSA) is 75.4 Å². The average Bonchev–Trinajstić information content (AvgIpc) is 1.96. The van der Waals surface area contributed by atoms with Gasteiger partial charge in [-0.05, 0) is 40.8 Å². The molecule has 0 bridgehead atoms. The fourth-order valence-electron chi connectivity index (χ4n) is 0.727. The standard InChI is InChI=1S/C7H7IN2O2/c8-5-3-4(10-7(9)12)1-2-6(5)11/h1-3,11H,(H3,9,10,12). The number of hydrogen-bond donors (Lipinski definition) is 3. The molecule has 0 spiro atoms. The first-order valence-corrected chi connectivity index (χ1v) is 4.22. The first-order valence-electron chi connectivity index (χ1n) is 3.14. The van der Waals surface area contributed by atoms with Gasteiger partial charge in [0.1, 0.15) is 5.75 Å². The summed E-state index contributed by atoms with van der Waals surface area (Å²) in [5.74, 6) is 0.186. The largest absolute Gasteiger partial charge is 0.507 e. The molecule has 0 fully saturated rings. The summed E-state index contributed by atoms with van der Waals surface area (Å²) in [4.78, 5) is 10.4. The van der Waals surface area contributed by atoms with E-state index in [2.05, 4.69) is 5.32 Å². The quantitative estimate of drug-likeness (QED) is 0.537. The zero-order chi connectivity index (χ0) is 9.14. The number of anilines is 1. The van der Waals surface area contributed by atoms with Crippen LogP contribution in [0.2, 0.25) is 0 Å². The minimum absolute atomic E-state index is 0.186. The van der Waals surface area contributed by atoms with Gasteiger partial charge in [-0.25, -0.2) is 4.79 Å². The minimum atomic E-state index is -0.614. The van der Waals surface area contributed by atoms with E-state index in [1.807, 2.05) is 22.6 Å². The van der Waals surface area contributed by atoms with Gasteiger partial charge in [-0.3, -0.25) is 0 Å². The number of nitrogens with one attached hydrogen (secondary N) is 1. The van der Waals surface area contributed by atoms with Crippen LogP contribution >= 0.6 is 22.6 Å². The Hall–Kier alpha value is -0.980. The second-order valence-electron chi connectivity index (χ2n) is 2.16. The number of halogens is 1. The maximum Gasteiger partial charge on any atom is 0.316 e. The average molecular weight is 278 g/mol. The number of benzene rings is 1. The molecule has 0 radical (unpaired) electrons. The Labute approximate surface area is 82.9 Å². The predicted molar refractivity (Wildman–Crippen MR) is 54.0 cm³/mol. The summed E-state index contributed by atoms with van der Waals surface area (Å²) in [6.07, 6.45) is 0. The van der Waals surface area contributed by atoms with Crippen molar-refractivity contribution in [1.82, 2.24) is 0 Å². The maximum absolute atomic E-state index is 10.4. The minimum Gasteiger partial charge on any atom is -0.507 e. The number of phenolic OH excluding ortho intramolecular Hbond substituents is 1. The van der Waals surface area contributed by atoms with Crippen molar-refractivity contribution >= 4 is 34.3 Å². The highest BCUT2D eigenvalue weighted by molar-refractivity contribution is 14.1. The van der Waals surface area contributed by atoms with Gasteiger partial charge in [0.25, 0.3) is 0 Å². The van der Waals surface area contributed by atoms with Crippen molar-refractivity contribution in [2.24, 2.45) is 5.73 Å². The van der Waals surface area contributed by atoms with Crippen LogP contribution in [-0.4, -0.2) is 11.1 Å². The number of rotatable bonds is 1. The molecule has 0 aliphatic rings. The molecule has 0 unspecified atom stereocenters. The number of carbonyl (C=O) groups excluding carboxylic acids is 1. The summed E-state index contributed by atoms with van der Waals surface area (Å²) in [5.41, 5.74) is 5.47. The number of aromatic hydroxyl groups is 1. The molecule has 2 amide bonds. The number of urea groups is 1. The van der Waals surface area contributed by atoms with Gasteiger partial charge in [-0.15, -0.1) is 0 Å². The van der Waals surface area contributed by atoms with Crippen LogP contribution in [0.5, 0.6) is 5.75 Å². The molecule has 1 aromatic carbocycles. The summed E-state index contributed by atoms with van der Waals surface area (Å²) >= 11 is 1.95. The molecular weight excluding hydrogens is 271 g/mol. The molecule has 4 N–H and O–H groups in total. The Bertz CT molecular complexity index is 314. The Kier molecular flexibility index (Phi) is 2.74. The molecule has 0 aromatic heterocycles. The first-order chi connectivity index (χ1) is 5.59. The zero-order valence-electron chi connectivity index (χ0n) is 6.04. The van der Waals surface area contributed by atoms with E-state index in [0.29, 0.717) is 9.26 Å². The normalized spacial score (nSPS) is 9.42. The summed E-state index contributed by atoms with van der Waals surface area (Å²) in [5, 5.41) is 11.5. The SMILES string of the molecule is NC(=O)Nc1ccc(O)c(I)c1. The molecule has 0 atom stereocenters. The van der Waals surface area contributed by atoms with Crippen LogP contribution in [0.4, 0.5) is 10.5 Å². The van der Waals surface area contributed by atoms with Gasteiger partial charge in [0.15, 0.2) is 0 Å². The Morgan fingerprint density at radius 3 is 2.75 bits per heavy atom. The Morgan fingerprint density at radius 2 is 2.25 bits per heavy atom. The Balaban J connectivity index is 2.89. The van der Waals surface area contributed by atoms with Crippen molar-refractivity contribution in [1.29, 1.82) is 0 Å². The van der Waals surface area contributed by atoms with E-state index in [0.717, 1.165) is 0 Å². The maximum atomic E-state index is 10.4. The van der Waals surface area contributed by atoms with Gasteiger partial charge in [0.05, 0.1) is 3.57 Å². The number of phenols is 1. The monoisotopic (exact) mass is 278 g/mol. The van der Waals surface area contributed by atoms with Gasteiger partial charge in [-0.2, -0.15) is 0 Å². The molecule has 1 aromatic rings. The van der Waals surface area contributed by atoms with E-state index in [9.17, 15) is 4.79 Å². The molecule has 5 heteroatoms. The van der Waals surface area contributed by atoms with Gasteiger partial charge < -0.3 is 16.2 Å². The third-order valence-corrected chi connectivity index (χ3v) is 2.08. The van der Waals surface area contributed by atoms with Crippen molar-refractivity contribution in [2.45, 2.75) is 0 Å². The number of carbonyl (C=O) groups is 1. The van der Waals surface area contributed by atoms with Crippen LogP contribution < -0.4 is 11.1 Å². The van der Waals surface area contributed by atoms with Crippen LogP contribution in [0.25, 0.3) is 0 Å².